The van der Waals surface area contributed by atoms with Crippen LogP contribution in [-0.2, 0) is 0 Å². The van der Waals surface area contributed by atoms with E-state index in [-0.39, 0.29) is 6.10 Å². The average molecular weight is 194 g/mol. The van der Waals surface area contributed by atoms with Gasteiger partial charge in [-0.05, 0) is 19.1 Å². The van der Waals surface area contributed by atoms with Crippen LogP contribution in [0.4, 0.5) is 0 Å². The number of benzene rings is 1. The van der Waals surface area contributed by atoms with Crippen molar-refractivity contribution in [2.45, 2.75) is 25.6 Å². The molecule has 1 heterocycles. The molecular weight excluding hydrogens is 180 g/mol. The van der Waals surface area contributed by atoms with Crippen molar-refractivity contribution in [3.05, 3.63) is 23.8 Å². The van der Waals surface area contributed by atoms with Crippen LogP contribution in [0.2, 0.25) is 0 Å². The zero-order chi connectivity index (χ0) is 10.1. The first-order valence-electron chi connectivity index (χ1n) is 4.73. The third-order valence-electron chi connectivity index (χ3n) is 2.46. The van der Waals surface area contributed by atoms with Crippen LogP contribution in [0.3, 0.4) is 0 Å². The molecule has 1 aliphatic heterocycles. The third-order valence-corrected chi connectivity index (χ3v) is 2.46. The highest BCUT2D eigenvalue weighted by Gasteiger charge is 2.24. The topological polar surface area (TPSA) is 38.7 Å². The van der Waals surface area contributed by atoms with Crippen LogP contribution < -0.4 is 9.47 Å². The molecule has 0 amide bonds. The molecule has 0 saturated carbocycles. The summed E-state index contributed by atoms with van der Waals surface area (Å²) >= 11 is 0. The molecule has 3 heteroatoms. The molecule has 0 radical (unpaired) electrons. The second kappa shape index (κ2) is 3.50. The third kappa shape index (κ3) is 1.55. The van der Waals surface area contributed by atoms with Crippen LogP contribution in [0.25, 0.3) is 0 Å². The minimum atomic E-state index is -0.417. The lowest BCUT2D eigenvalue weighted by molar-refractivity contribution is 0.0747. The highest BCUT2D eigenvalue weighted by atomic mass is 16.5. The normalized spacial score (nSPS) is 25.1. The number of fused-ring (bicyclic) bond motifs is 1. The number of ether oxygens (including phenoxy) is 2. The summed E-state index contributed by atoms with van der Waals surface area (Å²) in [5.41, 5.74) is 0.851. The lowest BCUT2D eigenvalue weighted by Gasteiger charge is -2.27. The molecule has 1 N–H and O–H groups in total. The van der Waals surface area contributed by atoms with Gasteiger partial charge < -0.3 is 14.6 Å². The number of rotatable bonds is 1. The number of methoxy groups -OCH3 is 1. The molecule has 76 valence electrons. The zero-order valence-corrected chi connectivity index (χ0v) is 8.36. The molecule has 2 rings (SSSR count). The first kappa shape index (κ1) is 9.34. The summed E-state index contributed by atoms with van der Waals surface area (Å²) < 4.78 is 10.7. The lowest BCUT2D eigenvalue weighted by atomic mass is 10.00. The maximum atomic E-state index is 9.77. The Morgan fingerprint density at radius 3 is 3.00 bits per heavy atom. The van der Waals surface area contributed by atoms with Gasteiger partial charge in [-0.3, -0.25) is 0 Å². The highest BCUT2D eigenvalue weighted by molar-refractivity contribution is 5.43. The van der Waals surface area contributed by atoms with Gasteiger partial charge in [-0.15, -0.1) is 0 Å². The Hall–Kier alpha value is -1.22. The molecule has 1 aromatic carbocycles. The minimum Gasteiger partial charge on any atom is -0.497 e. The van der Waals surface area contributed by atoms with Gasteiger partial charge >= 0.3 is 0 Å². The van der Waals surface area contributed by atoms with Gasteiger partial charge in [-0.25, -0.2) is 0 Å². The largest absolute Gasteiger partial charge is 0.497 e. The molecule has 0 fully saturated rings. The number of aliphatic hydroxyl groups excluding tert-OH is 1. The van der Waals surface area contributed by atoms with Crippen molar-refractivity contribution in [2.75, 3.05) is 7.11 Å². The van der Waals surface area contributed by atoms with Crippen molar-refractivity contribution >= 4 is 0 Å². The summed E-state index contributed by atoms with van der Waals surface area (Å²) in [6.07, 6.45) is 0.295. The van der Waals surface area contributed by atoms with Crippen molar-refractivity contribution in [1.82, 2.24) is 0 Å². The van der Waals surface area contributed by atoms with Crippen molar-refractivity contribution in [2.24, 2.45) is 0 Å². The van der Waals surface area contributed by atoms with Gasteiger partial charge in [0.05, 0.1) is 19.3 Å². The Kier molecular flexibility index (Phi) is 2.33. The predicted octanol–water partition coefficient (Wildman–Crippen LogP) is 1.90. The van der Waals surface area contributed by atoms with E-state index < -0.39 is 6.10 Å². The summed E-state index contributed by atoms with van der Waals surface area (Å²) in [6, 6.07) is 5.50. The molecule has 2 atom stereocenters. The predicted molar refractivity (Wildman–Crippen MR) is 52.7 cm³/mol. The molecule has 0 saturated heterocycles. The second-order valence-corrected chi connectivity index (χ2v) is 3.58. The van der Waals surface area contributed by atoms with E-state index in [2.05, 4.69) is 0 Å². The second-order valence-electron chi connectivity index (χ2n) is 3.58. The van der Waals surface area contributed by atoms with Gasteiger partial charge in [-0.2, -0.15) is 0 Å². The summed E-state index contributed by atoms with van der Waals surface area (Å²) in [4.78, 5) is 0. The molecule has 1 unspecified atom stereocenters. The minimum absolute atomic E-state index is 0.0598. The Morgan fingerprint density at radius 1 is 1.50 bits per heavy atom. The smallest absolute Gasteiger partial charge is 0.129 e. The van der Waals surface area contributed by atoms with Crippen molar-refractivity contribution in [1.29, 1.82) is 0 Å². The van der Waals surface area contributed by atoms with Gasteiger partial charge in [0.1, 0.15) is 11.5 Å². The zero-order valence-electron chi connectivity index (χ0n) is 8.36. The van der Waals surface area contributed by atoms with Gasteiger partial charge in [-0.1, -0.05) is 0 Å². The Balaban J connectivity index is 2.39. The van der Waals surface area contributed by atoms with Crippen molar-refractivity contribution < 1.29 is 14.6 Å². The van der Waals surface area contributed by atoms with Gasteiger partial charge in [0.15, 0.2) is 0 Å². The Bertz CT molecular complexity index is 335. The van der Waals surface area contributed by atoms with E-state index in [1.165, 1.54) is 0 Å². The number of hydrogen-bond acceptors (Lipinski definition) is 3. The molecule has 0 aliphatic carbocycles. The van der Waals surface area contributed by atoms with E-state index in [0.717, 1.165) is 17.1 Å². The van der Waals surface area contributed by atoms with Gasteiger partial charge in [0, 0.05) is 18.1 Å². The van der Waals surface area contributed by atoms with Gasteiger partial charge in [0.25, 0.3) is 0 Å². The van der Waals surface area contributed by atoms with E-state index in [4.69, 9.17) is 9.47 Å². The fourth-order valence-electron chi connectivity index (χ4n) is 1.73. The quantitative estimate of drug-likeness (QED) is 0.742. The molecule has 0 spiro atoms. The molecule has 3 nitrogen and oxygen atoms in total. The first-order valence-corrected chi connectivity index (χ1v) is 4.73. The van der Waals surface area contributed by atoms with Crippen LogP contribution >= 0.6 is 0 Å². The molecule has 0 bridgehead atoms. The fraction of sp³-hybridized carbons (Fsp3) is 0.455. The van der Waals surface area contributed by atoms with E-state index in [0.29, 0.717) is 6.42 Å². The molecule has 1 aromatic rings. The standard InChI is InChI=1S/C11H14O3/c1-7-5-10(12)9-4-3-8(13-2)6-11(9)14-7/h3-4,6-7,10,12H,5H2,1-2H3/t7?,10-/m0/s1. The van der Waals surface area contributed by atoms with E-state index >= 15 is 0 Å². The Labute approximate surface area is 83.3 Å². The van der Waals surface area contributed by atoms with Crippen LogP contribution in [0.15, 0.2) is 18.2 Å². The van der Waals surface area contributed by atoms with Crippen LogP contribution in [0.1, 0.15) is 25.0 Å². The maximum Gasteiger partial charge on any atom is 0.129 e. The summed E-state index contributed by atoms with van der Waals surface area (Å²) in [5.74, 6) is 1.49. The molecular formula is C11H14O3. The summed E-state index contributed by atoms with van der Waals surface area (Å²) in [7, 11) is 1.62. The van der Waals surface area contributed by atoms with Crippen LogP contribution in [0.5, 0.6) is 11.5 Å². The molecule has 0 aromatic heterocycles. The highest BCUT2D eigenvalue weighted by Crippen LogP contribution is 2.36. The van der Waals surface area contributed by atoms with Crippen molar-refractivity contribution in [3.8, 4) is 11.5 Å². The average Bonchev–Trinajstić information content (AvgIpc) is 2.16. The summed E-state index contributed by atoms with van der Waals surface area (Å²) in [6.45, 7) is 1.95. The van der Waals surface area contributed by atoms with Crippen LogP contribution in [-0.4, -0.2) is 18.3 Å². The van der Waals surface area contributed by atoms with Gasteiger partial charge in [0.2, 0.25) is 0 Å². The van der Waals surface area contributed by atoms with Crippen molar-refractivity contribution in [3.63, 3.8) is 0 Å². The van der Waals surface area contributed by atoms with E-state index in [9.17, 15) is 5.11 Å². The first-order chi connectivity index (χ1) is 6.70. The van der Waals surface area contributed by atoms with E-state index in [1.807, 2.05) is 25.1 Å². The lowest BCUT2D eigenvalue weighted by Crippen LogP contribution is -2.22. The fourth-order valence-corrected chi connectivity index (χ4v) is 1.73. The maximum absolute atomic E-state index is 9.77. The summed E-state index contributed by atoms with van der Waals surface area (Å²) in [5, 5.41) is 9.77. The SMILES string of the molecule is COc1ccc2c(c1)OC(C)C[C@@H]2O. The number of hydrogen-bond donors (Lipinski definition) is 1. The van der Waals surface area contributed by atoms with E-state index in [1.54, 1.807) is 7.11 Å². The van der Waals surface area contributed by atoms with Crippen LogP contribution in [0, 0.1) is 0 Å². The number of aliphatic hydroxyl groups is 1. The monoisotopic (exact) mass is 194 g/mol. The molecule has 14 heavy (non-hydrogen) atoms. The molecule has 1 aliphatic rings. The Morgan fingerprint density at radius 2 is 2.29 bits per heavy atom.